The largest absolute Gasteiger partial charge is 0.373 e. The fraction of sp³-hybridized carbons (Fsp3) is 0.529. The molecule has 1 fully saturated rings. The number of hydrogen-bond acceptors (Lipinski definition) is 3. The molecular formula is C17H26N4O2. The molecular weight excluding hydrogens is 292 g/mol. The predicted molar refractivity (Wildman–Crippen MR) is 91.2 cm³/mol. The molecule has 1 saturated heterocycles. The Labute approximate surface area is 137 Å². The third kappa shape index (κ3) is 5.47. The van der Waals surface area contributed by atoms with E-state index in [1.807, 2.05) is 37.4 Å². The summed E-state index contributed by atoms with van der Waals surface area (Å²) in [7, 11) is 2.01. The van der Waals surface area contributed by atoms with Gasteiger partial charge in [0, 0.05) is 45.3 Å². The number of likely N-dealkylation sites (tertiary alicyclic amines) is 1. The number of primary amides is 1. The molecule has 6 nitrogen and oxygen atoms in total. The summed E-state index contributed by atoms with van der Waals surface area (Å²) in [6.45, 7) is 2.69. The fourth-order valence-corrected chi connectivity index (χ4v) is 2.95. The van der Waals surface area contributed by atoms with Crippen LogP contribution in [0.1, 0.15) is 19.3 Å². The number of amides is 3. The maximum Gasteiger partial charge on any atom is 0.317 e. The van der Waals surface area contributed by atoms with E-state index < -0.39 is 0 Å². The molecule has 1 aliphatic heterocycles. The van der Waals surface area contributed by atoms with Crippen LogP contribution in [0, 0.1) is 5.92 Å². The number of nitrogens with two attached hydrogens (primary N) is 1. The van der Waals surface area contributed by atoms with Crippen molar-refractivity contribution in [3.63, 3.8) is 0 Å². The Kier molecular flexibility index (Phi) is 6.26. The predicted octanol–water partition coefficient (Wildman–Crippen LogP) is 1.42. The number of carbonyl (C=O) groups excluding carboxylic acids is 2. The molecule has 1 atom stereocenters. The Balaban J connectivity index is 1.73. The van der Waals surface area contributed by atoms with Gasteiger partial charge in [-0.1, -0.05) is 18.2 Å². The number of nitrogens with one attached hydrogen (secondary N) is 1. The number of hydrogen-bond donors (Lipinski definition) is 2. The zero-order chi connectivity index (χ0) is 16.7. The molecule has 0 radical (unpaired) electrons. The van der Waals surface area contributed by atoms with Crippen LogP contribution in [0.2, 0.25) is 0 Å². The zero-order valence-corrected chi connectivity index (χ0v) is 13.7. The van der Waals surface area contributed by atoms with Gasteiger partial charge >= 0.3 is 6.03 Å². The first kappa shape index (κ1) is 17.1. The van der Waals surface area contributed by atoms with Gasteiger partial charge in [-0.25, -0.2) is 4.79 Å². The Bertz CT molecular complexity index is 521. The van der Waals surface area contributed by atoms with Crippen molar-refractivity contribution in [1.29, 1.82) is 0 Å². The van der Waals surface area contributed by atoms with Crippen molar-refractivity contribution in [2.24, 2.45) is 11.7 Å². The SMILES string of the molecule is CN(CCNC(=O)N1CCCC(CC(N)=O)C1)c1ccccc1. The third-order valence-corrected chi connectivity index (χ3v) is 4.22. The van der Waals surface area contributed by atoms with Crippen molar-refractivity contribution < 1.29 is 9.59 Å². The highest BCUT2D eigenvalue weighted by Crippen LogP contribution is 2.19. The lowest BCUT2D eigenvalue weighted by atomic mass is 9.95. The summed E-state index contributed by atoms with van der Waals surface area (Å²) in [6.07, 6.45) is 2.25. The first-order valence-corrected chi connectivity index (χ1v) is 8.13. The second-order valence-corrected chi connectivity index (χ2v) is 6.11. The molecule has 126 valence electrons. The van der Waals surface area contributed by atoms with Gasteiger partial charge in [-0.05, 0) is 30.9 Å². The number of piperidine rings is 1. The maximum absolute atomic E-state index is 12.2. The molecule has 0 aliphatic carbocycles. The van der Waals surface area contributed by atoms with Crippen LogP contribution < -0.4 is 16.0 Å². The van der Waals surface area contributed by atoms with Crippen LogP contribution in [0.4, 0.5) is 10.5 Å². The molecule has 3 N–H and O–H groups in total. The second kappa shape index (κ2) is 8.41. The normalized spacial score (nSPS) is 17.6. The molecule has 1 aromatic carbocycles. The van der Waals surface area contributed by atoms with Crippen LogP contribution in [0.5, 0.6) is 0 Å². The molecule has 1 aromatic rings. The van der Waals surface area contributed by atoms with E-state index in [2.05, 4.69) is 10.2 Å². The minimum atomic E-state index is -0.290. The minimum absolute atomic E-state index is 0.0550. The van der Waals surface area contributed by atoms with E-state index in [-0.39, 0.29) is 17.9 Å². The van der Waals surface area contributed by atoms with Gasteiger partial charge in [-0.15, -0.1) is 0 Å². The van der Waals surface area contributed by atoms with Crippen molar-refractivity contribution in [1.82, 2.24) is 10.2 Å². The summed E-state index contributed by atoms with van der Waals surface area (Å²) in [6, 6.07) is 10.0. The topological polar surface area (TPSA) is 78.7 Å². The van der Waals surface area contributed by atoms with Crippen molar-refractivity contribution in [3.05, 3.63) is 30.3 Å². The number of rotatable bonds is 6. The maximum atomic E-state index is 12.2. The van der Waals surface area contributed by atoms with E-state index in [0.717, 1.165) is 31.6 Å². The average molecular weight is 318 g/mol. The fourth-order valence-electron chi connectivity index (χ4n) is 2.95. The van der Waals surface area contributed by atoms with Crippen molar-refractivity contribution in [3.8, 4) is 0 Å². The molecule has 1 aliphatic rings. The van der Waals surface area contributed by atoms with E-state index in [9.17, 15) is 9.59 Å². The molecule has 0 spiro atoms. The van der Waals surface area contributed by atoms with E-state index in [0.29, 0.717) is 19.5 Å². The Morgan fingerprint density at radius 1 is 1.35 bits per heavy atom. The molecule has 0 aromatic heterocycles. The van der Waals surface area contributed by atoms with Gasteiger partial charge in [-0.3, -0.25) is 4.79 Å². The van der Waals surface area contributed by atoms with Gasteiger partial charge in [-0.2, -0.15) is 0 Å². The summed E-state index contributed by atoms with van der Waals surface area (Å²) < 4.78 is 0. The monoisotopic (exact) mass is 318 g/mol. The third-order valence-electron chi connectivity index (χ3n) is 4.22. The molecule has 2 rings (SSSR count). The van der Waals surface area contributed by atoms with Gasteiger partial charge in [0.05, 0.1) is 0 Å². The highest BCUT2D eigenvalue weighted by atomic mass is 16.2. The molecule has 23 heavy (non-hydrogen) atoms. The summed E-state index contributed by atoms with van der Waals surface area (Å²) in [5.74, 6) is -0.0965. The molecule has 6 heteroatoms. The van der Waals surface area contributed by atoms with Gasteiger partial charge in [0.2, 0.25) is 5.91 Å². The number of urea groups is 1. The minimum Gasteiger partial charge on any atom is -0.373 e. The van der Waals surface area contributed by atoms with Crippen LogP contribution in [0.3, 0.4) is 0 Å². The lowest BCUT2D eigenvalue weighted by Crippen LogP contribution is -2.47. The number of nitrogens with zero attached hydrogens (tertiary/aromatic N) is 2. The lowest BCUT2D eigenvalue weighted by Gasteiger charge is -2.32. The van der Waals surface area contributed by atoms with Gasteiger partial charge in [0.1, 0.15) is 0 Å². The molecule has 3 amide bonds. The number of likely N-dealkylation sites (N-methyl/N-ethyl adjacent to an activating group) is 1. The Hall–Kier alpha value is -2.24. The van der Waals surface area contributed by atoms with E-state index in [1.54, 1.807) is 4.90 Å². The average Bonchev–Trinajstić information content (AvgIpc) is 2.55. The van der Waals surface area contributed by atoms with E-state index in [4.69, 9.17) is 5.73 Å². The van der Waals surface area contributed by atoms with Crippen LogP contribution in [0.25, 0.3) is 0 Å². The number of carbonyl (C=O) groups is 2. The van der Waals surface area contributed by atoms with Crippen molar-refractivity contribution in [2.45, 2.75) is 19.3 Å². The second-order valence-electron chi connectivity index (χ2n) is 6.11. The van der Waals surface area contributed by atoms with Crippen molar-refractivity contribution in [2.75, 3.05) is 38.1 Å². The molecule has 0 bridgehead atoms. The van der Waals surface area contributed by atoms with Crippen LogP contribution >= 0.6 is 0 Å². The van der Waals surface area contributed by atoms with E-state index >= 15 is 0 Å². The van der Waals surface area contributed by atoms with Crippen LogP contribution in [-0.2, 0) is 4.79 Å². The van der Waals surface area contributed by atoms with E-state index in [1.165, 1.54) is 0 Å². The summed E-state index contributed by atoms with van der Waals surface area (Å²) >= 11 is 0. The Morgan fingerprint density at radius 2 is 2.09 bits per heavy atom. The molecule has 1 unspecified atom stereocenters. The molecule has 0 saturated carbocycles. The summed E-state index contributed by atoms with van der Waals surface area (Å²) in [5.41, 5.74) is 6.38. The van der Waals surface area contributed by atoms with Gasteiger partial charge < -0.3 is 20.9 Å². The number of anilines is 1. The first-order chi connectivity index (χ1) is 11.1. The van der Waals surface area contributed by atoms with Crippen molar-refractivity contribution >= 4 is 17.6 Å². The van der Waals surface area contributed by atoms with Gasteiger partial charge in [0.25, 0.3) is 0 Å². The van der Waals surface area contributed by atoms with Crippen LogP contribution in [-0.4, -0.2) is 50.1 Å². The summed E-state index contributed by atoms with van der Waals surface area (Å²) in [5, 5.41) is 2.96. The number of benzene rings is 1. The quantitative estimate of drug-likeness (QED) is 0.832. The zero-order valence-electron chi connectivity index (χ0n) is 13.7. The lowest BCUT2D eigenvalue weighted by molar-refractivity contribution is -0.119. The number of para-hydroxylation sites is 1. The summed E-state index contributed by atoms with van der Waals surface area (Å²) in [4.78, 5) is 27.1. The Morgan fingerprint density at radius 3 is 2.78 bits per heavy atom. The highest BCUT2D eigenvalue weighted by Gasteiger charge is 2.24. The smallest absolute Gasteiger partial charge is 0.317 e. The first-order valence-electron chi connectivity index (χ1n) is 8.13. The molecule has 1 heterocycles. The van der Waals surface area contributed by atoms with Gasteiger partial charge in [0.15, 0.2) is 0 Å². The standard InChI is InChI=1S/C17H26N4O2/c1-20(15-7-3-2-4-8-15)11-9-19-17(23)21-10-5-6-14(13-21)12-16(18)22/h2-4,7-8,14H,5-6,9-13H2,1H3,(H2,18,22)(H,19,23). The highest BCUT2D eigenvalue weighted by molar-refractivity contribution is 5.75. The van der Waals surface area contributed by atoms with Crippen LogP contribution in [0.15, 0.2) is 30.3 Å².